The molecule has 1 amide bonds. The van der Waals surface area contributed by atoms with Crippen molar-refractivity contribution in [3.63, 3.8) is 0 Å². The Hall–Kier alpha value is -1.26. The van der Waals surface area contributed by atoms with E-state index in [0.717, 1.165) is 51.4 Å². The average Bonchev–Trinajstić information content (AvgIpc) is 2.41. The molecule has 0 heterocycles. The van der Waals surface area contributed by atoms with Gasteiger partial charge in [-0.3, -0.25) is 4.79 Å². The standard InChI is InChI=1S/C15H29N3O2/c1-3-9-12(2)13(19)17-15(14(16)18-20)10-7-5-4-6-8-11-15/h12,20H,3-11H2,1-2H3,(H2,16,18)(H,17,19). The van der Waals surface area contributed by atoms with Gasteiger partial charge in [0.15, 0.2) is 5.84 Å². The topological polar surface area (TPSA) is 87.7 Å². The summed E-state index contributed by atoms with van der Waals surface area (Å²) in [5.74, 6) is 0.129. The zero-order valence-electron chi connectivity index (χ0n) is 12.8. The summed E-state index contributed by atoms with van der Waals surface area (Å²) in [5.41, 5.74) is 5.25. The predicted molar refractivity (Wildman–Crippen MR) is 80.7 cm³/mol. The fourth-order valence-corrected chi connectivity index (χ4v) is 2.97. The molecule has 1 atom stereocenters. The van der Waals surface area contributed by atoms with Gasteiger partial charge < -0.3 is 16.3 Å². The summed E-state index contributed by atoms with van der Waals surface area (Å²) in [5, 5.41) is 15.4. The molecule has 1 unspecified atom stereocenters. The fourth-order valence-electron chi connectivity index (χ4n) is 2.97. The van der Waals surface area contributed by atoms with Crippen LogP contribution in [0.3, 0.4) is 0 Å². The van der Waals surface area contributed by atoms with Crippen molar-refractivity contribution in [2.45, 2.75) is 77.2 Å². The number of nitrogens with two attached hydrogens (primary N) is 1. The van der Waals surface area contributed by atoms with Gasteiger partial charge in [0, 0.05) is 5.92 Å². The van der Waals surface area contributed by atoms with E-state index in [9.17, 15) is 4.79 Å². The Morgan fingerprint density at radius 3 is 2.35 bits per heavy atom. The molecule has 5 heteroatoms. The summed E-state index contributed by atoms with van der Waals surface area (Å²) in [6.07, 6.45) is 8.86. The van der Waals surface area contributed by atoms with Gasteiger partial charge in [-0.15, -0.1) is 0 Å². The van der Waals surface area contributed by atoms with Crippen LogP contribution in [0.25, 0.3) is 0 Å². The van der Waals surface area contributed by atoms with Crippen LogP contribution in [0.4, 0.5) is 0 Å². The van der Waals surface area contributed by atoms with E-state index in [0.29, 0.717) is 0 Å². The lowest BCUT2D eigenvalue weighted by Gasteiger charge is -2.36. The van der Waals surface area contributed by atoms with Crippen molar-refractivity contribution < 1.29 is 10.0 Å². The summed E-state index contributed by atoms with van der Waals surface area (Å²) >= 11 is 0. The Labute approximate surface area is 122 Å². The summed E-state index contributed by atoms with van der Waals surface area (Å²) in [4.78, 5) is 12.3. The molecule has 1 aliphatic rings. The minimum Gasteiger partial charge on any atom is -0.409 e. The van der Waals surface area contributed by atoms with Gasteiger partial charge in [-0.25, -0.2) is 0 Å². The molecule has 0 saturated heterocycles. The Bertz CT molecular complexity index is 334. The minimum atomic E-state index is -0.658. The molecule has 0 bridgehead atoms. The van der Waals surface area contributed by atoms with Crippen LogP contribution in [-0.2, 0) is 4.79 Å². The quantitative estimate of drug-likeness (QED) is 0.314. The lowest BCUT2D eigenvalue weighted by Crippen LogP contribution is -2.58. The van der Waals surface area contributed by atoms with E-state index in [2.05, 4.69) is 17.4 Å². The molecule has 1 saturated carbocycles. The molecule has 1 rings (SSSR count). The zero-order chi connectivity index (χ0) is 15.0. The molecule has 1 aliphatic carbocycles. The molecule has 0 aliphatic heterocycles. The van der Waals surface area contributed by atoms with Crippen LogP contribution < -0.4 is 11.1 Å². The first-order valence-corrected chi connectivity index (χ1v) is 7.85. The lowest BCUT2D eigenvalue weighted by molar-refractivity contribution is -0.126. The third-order valence-electron chi connectivity index (χ3n) is 4.34. The summed E-state index contributed by atoms with van der Waals surface area (Å²) in [6, 6.07) is 0. The van der Waals surface area contributed by atoms with E-state index in [-0.39, 0.29) is 17.7 Å². The molecule has 0 aromatic rings. The molecule has 0 radical (unpaired) electrons. The van der Waals surface area contributed by atoms with Crippen molar-refractivity contribution >= 4 is 11.7 Å². The number of nitrogens with zero attached hydrogens (tertiary/aromatic N) is 1. The number of hydrogen-bond donors (Lipinski definition) is 3. The van der Waals surface area contributed by atoms with Crippen molar-refractivity contribution in [2.24, 2.45) is 16.8 Å². The first kappa shape index (κ1) is 16.8. The van der Waals surface area contributed by atoms with Gasteiger partial charge in [0.05, 0.1) is 0 Å². The number of carbonyl (C=O) groups excluding carboxylic acids is 1. The van der Waals surface area contributed by atoms with Gasteiger partial charge in [-0.05, 0) is 19.3 Å². The molecule has 0 aromatic carbocycles. The van der Waals surface area contributed by atoms with Gasteiger partial charge in [0.25, 0.3) is 0 Å². The van der Waals surface area contributed by atoms with E-state index in [1.807, 2.05) is 6.92 Å². The third-order valence-corrected chi connectivity index (χ3v) is 4.34. The first-order valence-electron chi connectivity index (χ1n) is 7.85. The molecule has 0 spiro atoms. The third kappa shape index (κ3) is 4.39. The maximum atomic E-state index is 12.3. The number of rotatable bonds is 5. The highest BCUT2D eigenvalue weighted by Gasteiger charge is 2.37. The van der Waals surface area contributed by atoms with Crippen molar-refractivity contribution in [3.05, 3.63) is 0 Å². The Morgan fingerprint density at radius 2 is 1.85 bits per heavy atom. The molecule has 116 valence electrons. The molecule has 4 N–H and O–H groups in total. The number of amides is 1. The number of carbonyl (C=O) groups is 1. The lowest BCUT2D eigenvalue weighted by atomic mass is 9.82. The average molecular weight is 283 g/mol. The summed E-state index contributed by atoms with van der Waals surface area (Å²) < 4.78 is 0. The number of nitrogens with one attached hydrogen (secondary N) is 1. The van der Waals surface area contributed by atoms with E-state index < -0.39 is 5.54 Å². The number of hydrogen-bond acceptors (Lipinski definition) is 3. The number of amidine groups is 1. The molecule has 20 heavy (non-hydrogen) atoms. The smallest absolute Gasteiger partial charge is 0.223 e. The second-order valence-corrected chi connectivity index (χ2v) is 6.01. The van der Waals surface area contributed by atoms with Gasteiger partial charge in [0.2, 0.25) is 5.91 Å². The normalized spacial score (nSPS) is 21.6. The zero-order valence-corrected chi connectivity index (χ0v) is 12.8. The van der Waals surface area contributed by atoms with E-state index in [4.69, 9.17) is 10.9 Å². The summed E-state index contributed by atoms with van der Waals surface area (Å²) in [6.45, 7) is 4.00. The van der Waals surface area contributed by atoms with Crippen molar-refractivity contribution in [2.75, 3.05) is 0 Å². The second-order valence-electron chi connectivity index (χ2n) is 6.01. The van der Waals surface area contributed by atoms with E-state index in [1.54, 1.807) is 0 Å². The Morgan fingerprint density at radius 1 is 1.30 bits per heavy atom. The van der Waals surface area contributed by atoms with Crippen molar-refractivity contribution in [3.8, 4) is 0 Å². The first-order chi connectivity index (χ1) is 9.55. The minimum absolute atomic E-state index is 0.0130. The van der Waals surface area contributed by atoms with Gasteiger partial charge in [-0.1, -0.05) is 57.5 Å². The number of oxime groups is 1. The highest BCUT2D eigenvalue weighted by molar-refractivity contribution is 5.94. The highest BCUT2D eigenvalue weighted by atomic mass is 16.4. The molecule has 5 nitrogen and oxygen atoms in total. The van der Waals surface area contributed by atoms with Crippen molar-refractivity contribution in [1.82, 2.24) is 5.32 Å². The largest absolute Gasteiger partial charge is 0.409 e. The highest BCUT2D eigenvalue weighted by Crippen LogP contribution is 2.27. The van der Waals surface area contributed by atoms with Gasteiger partial charge >= 0.3 is 0 Å². The predicted octanol–water partition coefficient (Wildman–Crippen LogP) is 2.77. The maximum absolute atomic E-state index is 12.3. The van der Waals surface area contributed by atoms with Crippen LogP contribution >= 0.6 is 0 Å². The van der Waals surface area contributed by atoms with Crippen molar-refractivity contribution in [1.29, 1.82) is 0 Å². The molecular weight excluding hydrogens is 254 g/mol. The van der Waals surface area contributed by atoms with Crippen LogP contribution in [0.15, 0.2) is 5.16 Å². The van der Waals surface area contributed by atoms with Crippen LogP contribution in [0.1, 0.15) is 71.6 Å². The van der Waals surface area contributed by atoms with Crippen LogP contribution in [0.2, 0.25) is 0 Å². The second kappa shape index (κ2) is 8.12. The van der Waals surface area contributed by atoms with E-state index in [1.165, 1.54) is 6.42 Å². The molecular formula is C15H29N3O2. The summed E-state index contributed by atoms with van der Waals surface area (Å²) in [7, 11) is 0. The van der Waals surface area contributed by atoms with Crippen LogP contribution in [0, 0.1) is 5.92 Å². The van der Waals surface area contributed by atoms with Gasteiger partial charge in [-0.2, -0.15) is 0 Å². The maximum Gasteiger partial charge on any atom is 0.223 e. The Kier molecular flexibility index (Phi) is 6.82. The van der Waals surface area contributed by atoms with E-state index >= 15 is 0 Å². The van der Waals surface area contributed by atoms with Crippen LogP contribution in [0.5, 0.6) is 0 Å². The SMILES string of the molecule is CCCC(C)C(=O)NC1(/C(N)=N/O)CCCCCCC1. The Balaban J connectivity index is 2.84. The monoisotopic (exact) mass is 283 g/mol. The molecule has 0 aromatic heterocycles. The fraction of sp³-hybridized carbons (Fsp3) is 0.867. The van der Waals surface area contributed by atoms with Crippen LogP contribution in [-0.4, -0.2) is 22.5 Å². The molecule has 1 fully saturated rings. The van der Waals surface area contributed by atoms with Gasteiger partial charge in [0.1, 0.15) is 5.54 Å².